The van der Waals surface area contributed by atoms with Crippen molar-refractivity contribution in [3.8, 4) is 17.3 Å². The van der Waals surface area contributed by atoms with Gasteiger partial charge in [-0.15, -0.1) is 0 Å². The van der Waals surface area contributed by atoms with Gasteiger partial charge in [-0.25, -0.2) is 9.97 Å². The van der Waals surface area contributed by atoms with Crippen molar-refractivity contribution in [3.63, 3.8) is 0 Å². The van der Waals surface area contributed by atoms with E-state index in [1.807, 2.05) is 24.3 Å². The Labute approximate surface area is 183 Å². The van der Waals surface area contributed by atoms with Crippen LogP contribution in [0.2, 0.25) is 0 Å². The number of hydrogen-bond acceptors (Lipinski definition) is 5. The number of nitriles is 1. The molecule has 6 heteroatoms. The van der Waals surface area contributed by atoms with E-state index in [0.717, 1.165) is 29.7 Å². The Hall–Kier alpha value is -1.97. The van der Waals surface area contributed by atoms with Crippen LogP contribution in [0.15, 0.2) is 35.1 Å². The predicted octanol–water partition coefficient (Wildman–Crippen LogP) is 6.14. The van der Waals surface area contributed by atoms with Crippen LogP contribution >= 0.6 is 15.9 Å². The van der Waals surface area contributed by atoms with Crippen molar-refractivity contribution in [1.29, 1.82) is 5.26 Å². The number of nitrogen functional groups attached to an aromatic ring is 1. The van der Waals surface area contributed by atoms with E-state index in [2.05, 4.69) is 59.7 Å². The summed E-state index contributed by atoms with van der Waals surface area (Å²) < 4.78 is 5.91. The first-order valence-electron chi connectivity index (χ1n) is 9.59. The fourth-order valence-corrected chi connectivity index (χ4v) is 2.95. The third-order valence-electron chi connectivity index (χ3n) is 5.11. The summed E-state index contributed by atoms with van der Waals surface area (Å²) in [7, 11) is 0. The van der Waals surface area contributed by atoms with Gasteiger partial charge in [0.25, 0.3) is 0 Å². The van der Waals surface area contributed by atoms with Crippen molar-refractivity contribution < 1.29 is 4.74 Å². The summed E-state index contributed by atoms with van der Waals surface area (Å²) in [6.07, 6.45) is 4.38. The summed E-state index contributed by atoms with van der Waals surface area (Å²) in [5.41, 5.74) is 8.47. The second-order valence-corrected chi connectivity index (χ2v) is 8.98. The predicted molar refractivity (Wildman–Crippen MR) is 123 cm³/mol. The summed E-state index contributed by atoms with van der Waals surface area (Å²) >= 11 is 3.28. The summed E-state index contributed by atoms with van der Waals surface area (Å²) in [6.45, 7) is 10.2. The highest BCUT2D eigenvalue weighted by Gasteiger charge is 2.34. The van der Waals surface area contributed by atoms with Gasteiger partial charge in [0.1, 0.15) is 4.60 Å². The quantitative estimate of drug-likeness (QED) is 0.581. The zero-order chi connectivity index (χ0) is 20.8. The van der Waals surface area contributed by atoms with Gasteiger partial charge in [-0.05, 0) is 39.8 Å². The molecule has 1 aromatic heterocycles. The molecule has 2 aromatic rings. The maximum absolute atomic E-state index is 9.60. The molecule has 1 aliphatic heterocycles. The standard InChI is InChI=1S/C16H15BrN4O.C6H14.CH4/c17-14-15(19)20-9-13(21-14)11-1-3-12(4-2-11)16(10-18)5-7-22-8-6-16;1-5-6(2,3)4;/h1-4,9H,5-8H2,(H2,19,20);5H2,1-4H3;1H4. The summed E-state index contributed by atoms with van der Waals surface area (Å²) in [4.78, 5) is 8.46. The number of rotatable bonds is 2. The first-order valence-corrected chi connectivity index (χ1v) is 10.4. The number of aromatic nitrogens is 2. The van der Waals surface area contributed by atoms with Gasteiger partial charge in [-0.2, -0.15) is 5.26 Å². The average Bonchev–Trinajstić information content (AvgIpc) is 2.70. The smallest absolute Gasteiger partial charge is 0.156 e. The van der Waals surface area contributed by atoms with Crippen LogP contribution < -0.4 is 5.73 Å². The van der Waals surface area contributed by atoms with Crippen LogP contribution in [-0.2, 0) is 10.2 Å². The lowest BCUT2D eigenvalue weighted by atomic mass is 9.75. The number of hydrogen-bond donors (Lipinski definition) is 1. The van der Waals surface area contributed by atoms with E-state index in [0.29, 0.717) is 29.0 Å². The van der Waals surface area contributed by atoms with E-state index in [1.54, 1.807) is 6.20 Å². The van der Waals surface area contributed by atoms with Gasteiger partial charge in [-0.1, -0.05) is 65.8 Å². The minimum Gasteiger partial charge on any atom is -0.381 e. The number of halogens is 1. The normalized spacial score (nSPS) is 15.3. The molecule has 0 spiro atoms. The molecule has 29 heavy (non-hydrogen) atoms. The molecule has 0 saturated carbocycles. The van der Waals surface area contributed by atoms with Gasteiger partial charge in [0.2, 0.25) is 0 Å². The number of anilines is 1. The van der Waals surface area contributed by atoms with Crippen molar-refractivity contribution in [1.82, 2.24) is 9.97 Å². The Morgan fingerprint density at radius 2 is 1.76 bits per heavy atom. The minimum atomic E-state index is -0.440. The third kappa shape index (κ3) is 6.80. The molecule has 0 atom stereocenters. The van der Waals surface area contributed by atoms with Crippen molar-refractivity contribution >= 4 is 21.7 Å². The molecule has 2 heterocycles. The van der Waals surface area contributed by atoms with Crippen molar-refractivity contribution in [3.05, 3.63) is 40.6 Å². The lowest BCUT2D eigenvalue weighted by molar-refractivity contribution is 0.0675. The molecule has 0 aliphatic carbocycles. The van der Waals surface area contributed by atoms with Crippen LogP contribution in [0.1, 0.15) is 59.9 Å². The largest absolute Gasteiger partial charge is 0.381 e. The van der Waals surface area contributed by atoms with Crippen LogP contribution in [0.5, 0.6) is 0 Å². The molecular formula is C23H33BrN4O. The van der Waals surface area contributed by atoms with Crippen molar-refractivity contribution in [2.24, 2.45) is 5.41 Å². The highest BCUT2D eigenvalue weighted by molar-refractivity contribution is 9.10. The van der Waals surface area contributed by atoms with E-state index >= 15 is 0 Å². The highest BCUT2D eigenvalue weighted by Crippen LogP contribution is 2.35. The molecule has 1 aromatic carbocycles. The monoisotopic (exact) mass is 460 g/mol. The summed E-state index contributed by atoms with van der Waals surface area (Å²) in [5, 5.41) is 9.60. The second kappa shape index (κ2) is 10.7. The molecule has 3 rings (SSSR count). The molecule has 0 bridgehead atoms. The maximum atomic E-state index is 9.60. The number of nitrogens with zero attached hydrogens (tertiary/aromatic N) is 3. The molecule has 1 saturated heterocycles. The molecule has 1 fully saturated rings. The zero-order valence-electron chi connectivity index (χ0n) is 17.1. The Morgan fingerprint density at radius 1 is 1.21 bits per heavy atom. The molecule has 0 unspecified atom stereocenters. The Bertz CT molecular complexity index is 816. The number of benzene rings is 1. The highest BCUT2D eigenvalue weighted by atomic mass is 79.9. The van der Waals surface area contributed by atoms with Gasteiger partial charge in [0.05, 0.1) is 23.4 Å². The molecule has 1 aliphatic rings. The lowest BCUT2D eigenvalue weighted by Crippen LogP contribution is -2.32. The summed E-state index contributed by atoms with van der Waals surface area (Å²) in [5.74, 6) is 0.367. The fraction of sp³-hybridized carbons (Fsp3) is 0.522. The van der Waals surface area contributed by atoms with E-state index in [1.165, 1.54) is 6.42 Å². The number of ether oxygens (including phenoxy) is 1. The van der Waals surface area contributed by atoms with Crippen LogP contribution in [0.4, 0.5) is 5.82 Å². The molecule has 0 radical (unpaired) electrons. The van der Waals surface area contributed by atoms with Crippen molar-refractivity contribution in [2.45, 2.75) is 59.8 Å². The lowest BCUT2D eigenvalue weighted by Gasteiger charge is -2.31. The van der Waals surface area contributed by atoms with Crippen molar-refractivity contribution in [2.75, 3.05) is 18.9 Å². The minimum absolute atomic E-state index is 0. The van der Waals surface area contributed by atoms with Crippen LogP contribution in [0, 0.1) is 16.7 Å². The Kier molecular flexibility index (Phi) is 9.25. The molecular weight excluding hydrogens is 428 g/mol. The fourth-order valence-electron chi connectivity index (χ4n) is 2.66. The molecule has 0 amide bonds. The summed E-state index contributed by atoms with van der Waals surface area (Å²) in [6, 6.07) is 10.4. The Morgan fingerprint density at radius 3 is 2.21 bits per heavy atom. The van der Waals surface area contributed by atoms with Gasteiger partial charge >= 0.3 is 0 Å². The molecule has 158 valence electrons. The Balaban J connectivity index is 0.000000529. The zero-order valence-corrected chi connectivity index (χ0v) is 18.7. The van der Waals surface area contributed by atoms with E-state index in [-0.39, 0.29) is 7.43 Å². The van der Waals surface area contributed by atoms with Crippen LogP contribution in [0.25, 0.3) is 11.3 Å². The SMILES string of the molecule is C.CCC(C)(C)C.N#CC1(c2ccc(-c3cnc(N)c(Br)n3)cc2)CCOCC1. The maximum Gasteiger partial charge on any atom is 0.156 e. The first-order chi connectivity index (χ1) is 13.2. The van der Waals surface area contributed by atoms with Gasteiger partial charge < -0.3 is 10.5 Å². The third-order valence-corrected chi connectivity index (χ3v) is 5.69. The molecule has 5 nitrogen and oxygen atoms in total. The average molecular weight is 461 g/mol. The van der Waals surface area contributed by atoms with E-state index in [4.69, 9.17) is 10.5 Å². The van der Waals surface area contributed by atoms with Crippen LogP contribution in [0.3, 0.4) is 0 Å². The number of nitrogens with two attached hydrogens (primary N) is 1. The van der Waals surface area contributed by atoms with Gasteiger partial charge in [0, 0.05) is 18.8 Å². The van der Waals surface area contributed by atoms with E-state index < -0.39 is 5.41 Å². The first kappa shape index (κ1) is 25.1. The van der Waals surface area contributed by atoms with Gasteiger partial charge in [0.15, 0.2) is 5.82 Å². The molecule has 2 N–H and O–H groups in total. The van der Waals surface area contributed by atoms with Gasteiger partial charge in [-0.3, -0.25) is 0 Å². The second-order valence-electron chi connectivity index (χ2n) is 8.23. The van der Waals surface area contributed by atoms with E-state index in [9.17, 15) is 5.26 Å². The topological polar surface area (TPSA) is 84.8 Å². The van der Waals surface area contributed by atoms with Crippen LogP contribution in [-0.4, -0.2) is 23.2 Å².